The lowest BCUT2D eigenvalue weighted by atomic mass is 10.2. The summed E-state index contributed by atoms with van der Waals surface area (Å²) in [5, 5.41) is 17.4. The number of amides is 1. The molecule has 1 amide bonds. The molecule has 7 heteroatoms. The lowest BCUT2D eigenvalue weighted by molar-refractivity contribution is -0.384. The molecule has 1 aromatic carbocycles. The Morgan fingerprint density at radius 1 is 1.40 bits per heavy atom. The number of nitro benzene ring substituents is 1. The highest BCUT2D eigenvalue weighted by atomic mass is 16.6. The third-order valence-electron chi connectivity index (χ3n) is 1.38. The van der Waals surface area contributed by atoms with Crippen molar-refractivity contribution in [2.24, 2.45) is 11.5 Å². The molecule has 0 aliphatic heterocycles. The molecule has 0 fully saturated rings. The fourth-order valence-electron chi connectivity index (χ4n) is 0.754. The van der Waals surface area contributed by atoms with Gasteiger partial charge in [0.2, 0.25) is 0 Å². The van der Waals surface area contributed by atoms with Crippen LogP contribution in [0.5, 0.6) is 0 Å². The summed E-state index contributed by atoms with van der Waals surface area (Å²) in [5.41, 5.74) is 10.3. The number of primary amides is 1. The van der Waals surface area contributed by atoms with E-state index >= 15 is 0 Å². The summed E-state index contributed by atoms with van der Waals surface area (Å²) < 4.78 is 0. The molecule has 0 aliphatic carbocycles. The van der Waals surface area contributed by atoms with Crippen molar-refractivity contribution in [2.45, 2.75) is 6.54 Å². The fourth-order valence-corrected chi connectivity index (χ4v) is 0.754. The molecule has 0 radical (unpaired) electrons. The highest BCUT2D eigenvalue weighted by molar-refractivity contribution is 5.61. The summed E-state index contributed by atoms with van der Waals surface area (Å²) >= 11 is 0. The van der Waals surface area contributed by atoms with Crippen molar-refractivity contribution in [1.29, 1.82) is 0 Å². The van der Waals surface area contributed by atoms with Gasteiger partial charge in [-0.1, -0.05) is 12.1 Å². The normalized spacial score (nSPS) is 8.60. The summed E-state index contributed by atoms with van der Waals surface area (Å²) in [6, 6.07) is 6.20. The van der Waals surface area contributed by atoms with E-state index in [4.69, 9.17) is 15.6 Å². The Balaban J connectivity index is 0.000000423. The fraction of sp³-hybridized carbons (Fsp3) is 0.125. The van der Waals surface area contributed by atoms with Gasteiger partial charge in [0.05, 0.1) is 4.92 Å². The lowest BCUT2D eigenvalue weighted by Crippen LogP contribution is -2.03. The summed E-state index contributed by atoms with van der Waals surface area (Å²) in [5.74, 6) is 0. The van der Waals surface area contributed by atoms with Crippen molar-refractivity contribution < 1.29 is 14.8 Å². The molecule has 7 nitrogen and oxygen atoms in total. The minimum Gasteiger partial charge on any atom is -0.465 e. The van der Waals surface area contributed by atoms with Crippen LogP contribution in [0.3, 0.4) is 0 Å². The van der Waals surface area contributed by atoms with E-state index < -0.39 is 11.0 Å². The third kappa shape index (κ3) is 5.99. The van der Waals surface area contributed by atoms with Crippen LogP contribution < -0.4 is 11.5 Å². The van der Waals surface area contributed by atoms with Crippen molar-refractivity contribution in [3.05, 3.63) is 39.9 Å². The number of benzene rings is 1. The molecule has 0 heterocycles. The zero-order chi connectivity index (χ0) is 11.8. The Labute approximate surface area is 85.5 Å². The molecular formula is C8H11N3O4. The number of non-ortho nitro benzene ring substituents is 1. The monoisotopic (exact) mass is 213 g/mol. The largest absolute Gasteiger partial charge is 0.465 e. The minimum atomic E-state index is -1.33. The molecule has 1 aromatic rings. The van der Waals surface area contributed by atoms with Crippen LogP contribution in [0.15, 0.2) is 24.3 Å². The van der Waals surface area contributed by atoms with Crippen LogP contribution in [-0.2, 0) is 6.54 Å². The Bertz CT molecular complexity index is 332. The molecule has 0 aliphatic rings. The first kappa shape index (κ1) is 12.8. The van der Waals surface area contributed by atoms with Crippen molar-refractivity contribution >= 4 is 11.8 Å². The number of nitrogens with zero attached hydrogens (tertiary/aromatic N) is 1. The maximum Gasteiger partial charge on any atom is 0.402 e. The molecule has 0 aromatic heterocycles. The summed E-state index contributed by atoms with van der Waals surface area (Å²) in [6.07, 6.45) is -1.33. The van der Waals surface area contributed by atoms with Crippen LogP contribution in [0.4, 0.5) is 10.5 Å². The summed E-state index contributed by atoms with van der Waals surface area (Å²) in [6.45, 7) is 0.415. The average molecular weight is 213 g/mol. The van der Waals surface area contributed by atoms with E-state index in [-0.39, 0.29) is 5.69 Å². The quantitative estimate of drug-likeness (QED) is 0.490. The van der Waals surface area contributed by atoms with Crippen molar-refractivity contribution in [2.75, 3.05) is 0 Å². The second kappa shape index (κ2) is 6.33. The zero-order valence-corrected chi connectivity index (χ0v) is 7.79. The lowest BCUT2D eigenvalue weighted by Gasteiger charge is -1.93. The highest BCUT2D eigenvalue weighted by Crippen LogP contribution is 2.10. The molecule has 0 saturated heterocycles. The molecule has 82 valence electrons. The maximum atomic E-state index is 10.2. The van der Waals surface area contributed by atoms with Gasteiger partial charge in [-0.2, -0.15) is 0 Å². The Kier molecular flexibility index (Phi) is 5.42. The number of hydrogen-bond acceptors (Lipinski definition) is 4. The van der Waals surface area contributed by atoms with Crippen LogP contribution >= 0.6 is 0 Å². The van der Waals surface area contributed by atoms with Gasteiger partial charge in [0.1, 0.15) is 0 Å². The first-order chi connectivity index (χ1) is 6.97. The second-order valence-corrected chi connectivity index (χ2v) is 2.47. The van der Waals surface area contributed by atoms with Gasteiger partial charge in [-0.05, 0) is 5.56 Å². The van der Waals surface area contributed by atoms with Gasteiger partial charge in [-0.15, -0.1) is 0 Å². The van der Waals surface area contributed by atoms with E-state index in [2.05, 4.69) is 5.73 Å². The topological polar surface area (TPSA) is 132 Å². The van der Waals surface area contributed by atoms with E-state index in [1.165, 1.54) is 12.1 Å². The summed E-state index contributed by atoms with van der Waals surface area (Å²) in [4.78, 5) is 18.5. The molecule has 0 saturated carbocycles. The Hall–Kier alpha value is -2.15. The van der Waals surface area contributed by atoms with Crippen LogP contribution in [0.1, 0.15) is 5.56 Å². The number of nitrogens with two attached hydrogens (primary N) is 2. The van der Waals surface area contributed by atoms with Crippen molar-refractivity contribution in [1.82, 2.24) is 0 Å². The van der Waals surface area contributed by atoms with Gasteiger partial charge < -0.3 is 16.6 Å². The average Bonchev–Trinajstić information content (AvgIpc) is 2.17. The van der Waals surface area contributed by atoms with Gasteiger partial charge in [0, 0.05) is 18.7 Å². The Morgan fingerprint density at radius 2 is 1.80 bits per heavy atom. The predicted molar refractivity (Wildman–Crippen MR) is 53.2 cm³/mol. The number of rotatable bonds is 2. The van der Waals surface area contributed by atoms with Crippen molar-refractivity contribution in [3.63, 3.8) is 0 Å². The van der Waals surface area contributed by atoms with Gasteiger partial charge in [0.25, 0.3) is 5.69 Å². The number of carbonyl (C=O) groups is 1. The molecule has 0 atom stereocenters. The smallest absolute Gasteiger partial charge is 0.402 e. The molecule has 0 unspecified atom stereocenters. The first-order valence-electron chi connectivity index (χ1n) is 3.89. The van der Waals surface area contributed by atoms with E-state index in [1.807, 2.05) is 0 Å². The van der Waals surface area contributed by atoms with Crippen LogP contribution in [0.25, 0.3) is 0 Å². The van der Waals surface area contributed by atoms with Crippen LogP contribution in [-0.4, -0.2) is 16.1 Å². The highest BCUT2D eigenvalue weighted by Gasteiger charge is 2.01. The molecule has 0 spiro atoms. The minimum absolute atomic E-state index is 0.0993. The molecule has 0 bridgehead atoms. The molecule has 1 rings (SSSR count). The van der Waals surface area contributed by atoms with Crippen LogP contribution in [0.2, 0.25) is 0 Å². The van der Waals surface area contributed by atoms with E-state index in [0.717, 1.165) is 5.56 Å². The summed E-state index contributed by atoms with van der Waals surface area (Å²) in [7, 11) is 0. The molecule has 15 heavy (non-hydrogen) atoms. The van der Waals surface area contributed by atoms with Gasteiger partial charge in [-0.3, -0.25) is 10.1 Å². The number of carboxylic acid groups (broad SMARTS) is 1. The molecular weight excluding hydrogens is 202 g/mol. The van der Waals surface area contributed by atoms with Gasteiger partial charge >= 0.3 is 6.09 Å². The third-order valence-corrected chi connectivity index (χ3v) is 1.38. The number of nitro groups is 1. The van der Waals surface area contributed by atoms with Crippen molar-refractivity contribution in [3.8, 4) is 0 Å². The van der Waals surface area contributed by atoms with Gasteiger partial charge in [0.15, 0.2) is 0 Å². The zero-order valence-electron chi connectivity index (χ0n) is 7.79. The number of hydrogen-bond donors (Lipinski definition) is 3. The van der Waals surface area contributed by atoms with Gasteiger partial charge in [-0.25, -0.2) is 4.79 Å². The SMILES string of the molecule is NC(=O)O.NCc1ccc([N+](=O)[O-])cc1. The second-order valence-electron chi connectivity index (χ2n) is 2.47. The standard InChI is InChI=1S/C7H8N2O2.CH3NO2/c8-5-6-1-3-7(4-2-6)9(10)11;2-1(3)4/h1-4H,5,8H2;2H2,(H,3,4). The van der Waals surface area contributed by atoms with E-state index in [1.54, 1.807) is 12.1 Å². The first-order valence-corrected chi connectivity index (χ1v) is 3.89. The molecule has 5 N–H and O–H groups in total. The Morgan fingerprint density at radius 3 is 2.07 bits per heavy atom. The predicted octanol–water partition coefficient (Wildman–Crippen LogP) is 0.677. The maximum absolute atomic E-state index is 10.2. The van der Waals surface area contributed by atoms with Crippen LogP contribution in [0, 0.1) is 10.1 Å². The van der Waals surface area contributed by atoms with E-state index in [0.29, 0.717) is 6.54 Å². The van der Waals surface area contributed by atoms with E-state index in [9.17, 15) is 10.1 Å².